The van der Waals surface area contributed by atoms with Crippen molar-refractivity contribution in [2.45, 2.75) is 24.7 Å². The zero-order valence-corrected chi connectivity index (χ0v) is 14.6. The van der Waals surface area contributed by atoms with E-state index in [9.17, 15) is 4.39 Å². The normalized spacial score (nSPS) is 15.6. The van der Waals surface area contributed by atoms with Gasteiger partial charge in [-0.2, -0.15) is 15.3 Å². The summed E-state index contributed by atoms with van der Waals surface area (Å²) < 4.78 is 14.3. The second-order valence-electron chi connectivity index (χ2n) is 7.00. The van der Waals surface area contributed by atoms with Crippen LogP contribution in [0.3, 0.4) is 0 Å². The van der Waals surface area contributed by atoms with Gasteiger partial charge in [-0.05, 0) is 43.2 Å². The molecular weight excluding hydrogens is 341 g/mol. The summed E-state index contributed by atoms with van der Waals surface area (Å²) in [5.41, 5.74) is 3.59. The predicted octanol–water partition coefficient (Wildman–Crippen LogP) is 4.23. The maximum Gasteiger partial charge on any atom is 0.145 e. The van der Waals surface area contributed by atoms with Crippen LogP contribution in [-0.2, 0) is 5.41 Å². The fourth-order valence-electron chi connectivity index (χ4n) is 3.71. The van der Waals surface area contributed by atoms with Crippen LogP contribution >= 0.6 is 0 Å². The van der Waals surface area contributed by atoms with E-state index in [1.165, 1.54) is 6.07 Å². The fourth-order valence-corrected chi connectivity index (χ4v) is 3.71. The Kier molecular flexibility index (Phi) is 3.70. The zero-order chi connectivity index (χ0) is 18.3. The summed E-state index contributed by atoms with van der Waals surface area (Å²) in [6, 6.07) is 13.0. The van der Waals surface area contributed by atoms with Gasteiger partial charge in [-0.1, -0.05) is 18.6 Å². The third-order valence-corrected chi connectivity index (χ3v) is 5.32. The van der Waals surface area contributed by atoms with Crippen LogP contribution in [0, 0.1) is 12.2 Å². The third-order valence-electron chi connectivity index (χ3n) is 5.32. The number of hydrogen-bond acceptors (Lipinski definition) is 4. The maximum atomic E-state index is 14.3. The van der Waals surface area contributed by atoms with E-state index in [2.05, 4.69) is 25.4 Å². The Bertz CT molecular complexity index is 1100. The molecule has 4 aromatic rings. The lowest BCUT2D eigenvalue weighted by molar-refractivity contribution is 0.274. The molecule has 3 aromatic heterocycles. The molecule has 1 aliphatic rings. The van der Waals surface area contributed by atoms with Crippen LogP contribution in [0.25, 0.3) is 22.2 Å². The monoisotopic (exact) mass is 358 g/mol. The summed E-state index contributed by atoms with van der Waals surface area (Å²) in [6.45, 7) is 0. The van der Waals surface area contributed by atoms with Gasteiger partial charge in [0.05, 0.1) is 28.8 Å². The van der Waals surface area contributed by atoms with E-state index in [1.54, 1.807) is 18.5 Å². The fraction of sp³-hybridized carbons (Fsp3) is 0.190. The van der Waals surface area contributed by atoms with Crippen molar-refractivity contribution in [3.05, 3.63) is 78.5 Å². The number of H-pyrrole nitrogens is 1. The first-order valence-electron chi connectivity index (χ1n) is 8.98. The van der Waals surface area contributed by atoms with Crippen molar-refractivity contribution in [1.82, 2.24) is 25.4 Å². The molecule has 1 N–H and O–H groups in total. The molecule has 133 valence electrons. The topological polar surface area (TPSA) is 67.3 Å². The van der Waals surface area contributed by atoms with Gasteiger partial charge >= 0.3 is 0 Å². The van der Waals surface area contributed by atoms with Crippen LogP contribution in [0.1, 0.15) is 30.7 Å². The number of halogens is 1. The molecule has 0 unspecified atom stereocenters. The van der Waals surface area contributed by atoms with Crippen LogP contribution in [-0.4, -0.2) is 25.4 Å². The quantitative estimate of drug-likeness (QED) is 0.593. The number of rotatable bonds is 4. The van der Waals surface area contributed by atoms with Crippen LogP contribution in [0.2, 0.25) is 0 Å². The summed E-state index contributed by atoms with van der Waals surface area (Å²) in [6.07, 6.45) is 8.26. The van der Waals surface area contributed by atoms with Crippen molar-refractivity contribution in [3.8, 4) is 11.3 Å². The Hall–Kier alpha value is -3.15. The van der Waals surface area contributed by atoms with Gasteiger partial charge in [0, 0.05) is 29.0 Å². The molecule has 0 saturated heterocycles. The van der Waals surface area contributed by atoms with Crippen molar-refractivity contribution < 1.29 is 4.39 Å². The van der Waals surface area contributed by atoms with Gasteiger partial charge in [-0.3, -0.25) is 10.1 Å². The highest BCUT2D eigenvalue weighted by atomic mass is 19.1. The minimum atomic E-state index is -0.379. The van der Waals surface area contributed by atoms with E-state index in [0.29, 0.717) is 5.69 Å². The zero-order valence-electron chi connectivity index (χ0n) is 14.6. The maximum absolute atomic E-state index is 14.3. The number of nitrogens with one attached hydrogen (secondary N) is 1. The van der Waals surface area contributed by atoms with Crippen molar-refractivity contribution in [2.24, 2.45) is 0 Å². The molecule has 27 heavy (non-hydrogen) atoms. The molecule has 1 saturated carbocycles. The van der Waals surface area contributed by atoms with E-state index in [0.717, 1.165) is 47.1 Å². The second kappa shape index (κ2) is 6.23. The third kappa shape index (κ3) is 2.77. The number of aromatic amines is 1. The standard InChI is InChI=1S/C21H17FN5/c22-17-3-1-10-23-20(17)21(8-2-9-21)12-16-6-7-18(27-25-16)14-4-5-15-13-24-26-19(15)11-14/h1,3-7,10-13H,2,8-9H2,(H,24,26). The number of nitrogens with zero attached hydrogens (tertiary/aromatic N) is 4. The van der Waals surface area contributed by atoms with Crippen molar-refractivity contribution >= 4 is 10.9 Å². The molecule has 1 aromatic carbocycles. The molecule has 0 amide bonds. The van der Waals surface area contributed by atoms with Gasteiger partial charge in [0.1, 0.15) is 5.82 Å². The Morgan fingerprint density at radius 1 is 1.07 bits per heavy atom. The molecule has 0 spiro atoms. The summed E-state index contributed by atoms with van der Waals surface area (Å²) >= 11 is 0. The number of hydrogen-bond donors (Lipinski definition) is 1. The number of benzene rings is 1. The second-order valence-corrected chi connectivity index (χ2v) is 7.00. The minimum Gasteiger partial charge on any atom is -0.278 e. The van der Waals surface area contributed by atoms with Crippen molar-refractivity contribution in [3.63, 3.8) is 0 Å². The molecule has 5 nitrogen and oxygen atoms in total. The molecular formula is C21H17FN5. The Morgan fingerprint density at radius 2 is 2.00 bits per heavy atom. The number of aromatic nitrogens is 5. The number of pyridine rings is 1. The van der Waals surface area contributed by atoms with Gasteiger partial charge in [-0.15, -0.1) is 0 Å². The predicted molar refractivity (Wildman–Crippen MR) is 100 cm³/mol. The van der Waals surface area contributed by atoms with Crippen LogP contribution in [0.4, 0.5) is 4.39 Å². The van der Waals surface area contributed by atoms with Gasteiger partial charge in [-0.25, -0.2) is 4.39 Å². The smallest absolute Gasteiger partial charge is 0.145 e. The van der Waals surface area contributed by atoms with E-state index >= 15 is 0 Å². The van der Waals surface area contributed by atoms with Crippen molar-refractivity contribution in [2.75, 3.05) is 0 Å². The highest BCUT2D eigenvalue weighted by molar-refractivity contribution is 5.82. The first-order valence-corrected chi connectivity index (χ1v) is 8.98. The van der Waals surface area contributed by atoms with E-state index in [-0.39, 0.29) is 11.2 Å². The summed E-state index contributed by atoms with van der Waals surface area (Å²) in [5, 5.41) is 16.8. The van der Waals surface area contributed by atoms with Crippen LogP contribution in [0.15, 0.2) is 54.9 Å². The van der Waals surface area contributed by atoms with Gasteiger partial charge in [0.25, 0.3) is 0 Å². The lowest BCUT2D eigenvalue weighted by Crippen LogP contribution is -2.37. The minimum absolute atomic E-state index is 0.258. The molecule has 1 aliphatic carbocycles. The number of fused-ring (bicyclic) bond motifs is 1. The molecule has 0 aliphatic heterocycles. The first kappa shape index (κ1) is 16.1. The van der Waals surface area contributed by atoms with Crippen LogP contribution < -0.4 is 0 Å². The molecule has 0 atom stereocenters. The lowest BCUT2D eigenvalue weighted by Gasteiger charge is -2.41. The Morgan fingerprint density at radius 3 is 2.74 bits per heavy atom. The van der Waals surface area contributed by atoms with E-state index < -0.39 is 0 Å². The SMILES string of the molecule is Fc1cccnc1C1([CH]c2ccc(-c3ccc4cn[nH]c4c3)nn2)CCC1. The van der Waals surface area contributed by atoms with Crippen LogP contribution in [0.5, 0.6) is 0 Å². The molecule has 5 rings (SSSR count). The molecule has 6 heteroatoms. The molecule has 3 heterocycles. The van der Waals surface area contributed by atoms with E-state index in [4.69, 9.17) is 0 Å². The average Bonchev–Trinajstić information content (AvgIpc) is 3.14. The van der Waals surface area contributed by atoms with E-state index in [1.807, 2.05) is 36.8 Å². The lowest BCUT2D eigenvalue weighted by atomic mass is 9.63. The average molecular weight is 358 g/mol. The Balaban J connectivity index is 1.42. The summed E-state index contributed by atoms with van der Waals surface area (Å²) in [4.78, 5) is 4.29. The summed E-state index contributed by atoms with van der Waals surface area (Å²) in [7, 11) is 0. The molecule has 1 radical (unpaired) electrons. The highest BCUT2D eigenvalue weighted by Crippen LogP contribution is 2.47. The van der Waals surface area contributed by atoms with Crippen molar-refractivity contribution in [1.29, 1.82) is 0 Å². The summed E-state index contributed by atoms with van der Waals surface area (Å²) in [5.74, 6) is -0.258. The Labute approximate surface area is 155 Å². The van der Waals surface area contributed by atoms with Gasteiger partial charge in [0.2, 0.25) is 0 Å². The first-order chi connectivity index (χ1) is 13.2. The van der Waals surface area contributed by atoms with Gasteiger partial charge in [0.15, 0.2) is 0 Å². The van der Waals surface area contributed by atoms with Gasteiger partial charge < -0.3 is 0 Å². The molecule has 1 fully saturated rings. The molecule has 0 bridgehead atoms. The highest BCUT2D eigenvalue weighted by Gasteiger charge is 2.42. The largest absolute Gasteiger partial charge is 0.278 e.